The molecule has 2 aliphatic rings. The first-order valence-corrected chi connectivity index (χ1v) is 9.11. The van der Waals surface area contributed by atoms with Gasteiger partial charge in [0.2, 0.25) is 5.91 Å². The van der Waals surface area contributed by atoms with Crippen LogP contribution in [-0.2, 0) is 20.6 Å². The number of hydrogen-bond acceptors (Lipinski definition) is 4. The lowest BCUT2D eigenvalue weighted by Gasteiger charge is -2.30. The zero-order chi connectivity index (χ0) is 18.0. The van der Waals surface area contributed by atoms with Crippen LogP contribution in [0.4, 0.5) is 9.18 Å². The summed E-state index contributed by atoms with van der Waals surface area (Å²) in [5.74, 6) is -1.78. The quantitative estimate of drug-likeness (QED) is 0.776. The molecule has 0 fully saturated rings. The van der Waals surface area contributed by atoms with E-state index in [2.05, 4.69) is 5.32 Å². The highest BCUT2D eigenvalue weighted by Crippen LogP contribution is 2.38. The summed E-state index contributed by atoms with van der Waals surface area (Å²) >= 11 is 0. The molecule has 3 amide bonds. The third kappa shape index (κ3) is 3.77. The fourth-order valence-corrected chi connectivity index (χ4v) is 4.16. The summed E-state index contributed by atoms with van der Waals surface area (Å²) in [6, 6.07) is -0.703. The molecule has 9 heteroatoms. The number of amides is 3. The van der Waals surface area contributed by atoms with Crippen LogP contribution in [0, 0.1) is 23.7 Å². The number of nitrogens with one attached hydrogen (secondary N) is 1. The van der Waals surface area contributed by atoms with E-state index in [1.54, 1.807) is 0 Å². The third-order valence-electron chi connectivity index (χ3n) is 4.34. The van der Waals surface area contributed by atoms with Crippen molar-refractivity contribution < 1.29 is 23.0 Å². The summed E-state index contributed by atoms with van der Waals surface area (Å²) in [6.45, 7) is 5.23. The largest absolute Gasteiger partial charge is 0.369 e. The van der Waals surface area contributed by atoms with E-state index in [1.165, 1.54) is 0 Å². The Morgan fingerprint density at radius 3 is 2.75 bits per heavy atom. The summed E-state index contributed by atoms with van der Waals surface area (Å²) < 4.78 is 26.9. The van der Waals surface area contributed by atoms with Gasteiger partial charge in [0.15, 0.2) is 11.0 Å². The number of rotatable bonds is 5. The Bertz CT molecular complexity index is 581. The van der Waals surface area contributed by atoms with Crippen LogP contribution < -0.4 is 11.1 Å². The summed E-state index contributed by atoms with van der Waals surface area (Å²) in [7, 11) is -1.92. The van der Waals surface area contributed by atoms with Crippen molar-refractivity contribution in [2.75, 3.05) is 13.3 Å². The lowest BCUT2D eigenvalue weighted by atomic mass is 9.87. The first kappa shape index (κ1) is 18.9. The topological polar surface area (TPSA) is 102 Å². The summed E-state index contributed by atoms with van der Waals surface area (Å²) in [5, 5.41) is 2.58. The standard InChI is InChI=1S/C15H24FN3O4S/c1-8(2)7-23-19-15(21)18-13-11(14(17)20)4-9(3)10(6-16)5-12(13)24(19)22/h8-11H,4-7H2,1-3H3,(H2,17,20)(H,18,21)/t9?,10?,11-,24?/m0/s1. The van der Waals surface area contributed by atoms with E-state index in [9.17, 15) is 18.2 Å². The zero-order valence-corrected chi connectivity index (χ0v) is 14.9. The molecular formula is C15H24FN3O4S. The number of carbonyl (C=O) groups excluding carboxylic acids is 2. The lowest BCUT2D eigenvalue weighted by Crippen LogP contribution is -2.48. The van der Waals surface area contributed by atoms with Gasteiger partial charge < -0.3 is 11.1 Å². The van der Waals surface area contributed by atoms with Crippen molar-refractivity contribution in [1.29, 1.82) is 0 Å². The Morgan fingerprint density at radius 1 is 1.54 bits per heavy atom. The number of carbonyl (C=O) groups is 2. The zero-order valence-electron chi connectivity index (χ0n) is 14.1. The second-order valence-electron chi connectivity index (χ2n) is 6.75. The van der Waals surface area contributed by atoms with Gasteiger partial charge in [0.05, 0.1) is 24.1 Å². The number of nitrogens with zero attached hydrogens (tertiary/aromatic N) is 1. The Morgan fingerprint density at radius 2 is 2.21 bits per heavy atom. The molecule has 3 N–H and O–H groups in total. The summed E-state index contributed by atoms with van der Waals surface area (Å²) in [6.07, 6.45) is 0.498. The minimum Gasteiger partial charge on any atom is -0.369 e. The Labute approximate surface area is 143 Å². The average Bonchev–Trinajstić information content (AvgIpc) is 2.64. The maximum Gasteiger partial charge on any atom is 0.358 e. The highest BCUT2D eigenvalue weighted by molar-refractivity contribution is 7.87. The number of allylic oxidation sites excluding steroid dienone is 1. The van der Waals surface area contributed by atoms with Crippen molar-refractivity contribution in [2.24, 2.45) is 29.4 Å². The molecule has 0 bridgehead atoms. The fourth-order valence-electron chi connectivity index (χ4n) is 2.87. The fraction of sp³-hybridized carbons (Fsp3) is 0.733. The molecule has 0 radical (unpaired) electrons. The maximum atomic E-state index is 13.4. The van der Waals surface area contributed by atoms with Gasteiger partial charge in [-0.2, -0.15) is 0 Å². The van der Waals surface area contributed by atoms with Crippen LogP contribution >= 0.6 is 0 Å². The molecule has 1 aliphatic heterocycles. The number of primary amides is 1. The summed E-state index contributed by atoms with van der Waals surface area (Å²) in [4.78, 5) is 29.7. The lowest BCUT2D eigenvalue weighted by molar-refractivity contribution is -0.121. The molecule has 7 nitrogen and oxygen atoms in total. The molecule has 1 heterocycles. The number of hydroxylamine groups is 1. The van der Waals surface area contributed by atoms with Crippen LogP contribution in [0.5, 0.6) is 0 Å². The molecule has 24 heavy (non-hydrogen) atoms. The number of alkyl halides is 1. The van der Waals surface area contributed by atoms with Gasteiger partial charge in [0, 0.05) is 5.70 Å². The van der Waals surface area contributed by atoms with Crippen molar-refractivity contribution in [1.82, 2.24) is 9.79 Å². The molecule has 136 valence electrons. The van der Waals surface area contributed by atoms with Gasteiger partial charge in [-0.3, -0.25) is 14.0 Å². The van der Waals surface area contributed by atoms with Crippen LogP contribution in [0.15, 0.2) is 10.6 Å². The van der Waals surface area contributed by atoms with Gasteiger partial charge in [-0.15, -0.1) is 4.47 Å². The SMILES string of the molecule is CC(C)CON1C(=O)NC2=C(CC(CF)C(C)C[C@@H]2C(N)=O)S1=O. The van der Waals surface area contributed by atoms with Crippen LogP contribution in [0.2, 0.25) is 0 Å². The molecule has 0 spiro atoms. The monoisotopic (exact) mass is 361 g/mol. The number of urea groups is 1. The van der Waals surface area contributed by atoms with E-state index >= 15 is 0 Å². The van der Waals surface area contributed by atoms with Crippen molar-refractivity contribution in [3.63, 3.8) is 0 Å². The number of nitrogens with two attached hydrogens (primary N) is 1. The molecule has 0 aromatic heterocycles. The minimum absolute atomic E-state index is 0.128. The molecule has 0 aromatic rings. The van der Waals surface area contributed by atoms with Crippen LogP contribution in [-0.4, -0.2) is 33.9 Å². The van der Waals surface area contributed by atoms with E-state index in [-0.39, 0.29) is 36.5 Å². The summed E-state index contributed by atoms with van der Waals surface area (Å²) in [5.41, 5.74) is 5.70. The smallest absolute Gasteiger partial charge is 0.358 e. The molecule has 2 rings (SSSR count). The number of hydrogen-bond donors (Lipinski definition) is 2. The molecule has 3 unspecified atom stereocenters. The normalized spacial score (nSPS) is 30.9. The van der Waals surface area contributed by atoms with Gasteiger partial charge in [0.1, 0.15) is 0 Å². The van der Waals surface area contributed by atoms with E-state index < -0.39 is 35.5 Å². The average molecular weight is 361 g/mol. The second kappa shape index (κ2) is 7.60. The predicted octanol–water partition coefficient (Wildman–Crippen LogP) is 1.59. The van der Waals surface area contributed by atoms with Crippen molar-refractivity contribution >= 4 is 22.9 Å². The van der Waals surface area contributed by atoms with E-state index in [4.69, 9.17) is 10.6 Å². The van der Waals surface area contributed by atoms with Crippen molar-refractivity contribution in [3.05, 3.63) is 10.6 Å². The molecule has 0 saturated carbocycles. The van der Waals surface area contributed by atoms with Crippen molar-refractivity contribution in [2.45, 2.75) is 33.6 Å². The minimum atomic E-state index is -1.92. The predicted molar refractivity (Wildman–Crippen MR) is 86.9 cm³/mol. The van der Waals surface area contributed by atoms with Gasteiger partial charge in [0.25, 0.3) is 0 Å². The van der Waals surface area contributed by atoms with Crippen LogP contribution in [0.1, 0.15) is 33.6 Å². The first-order chi connectivity index (χ1) is 11.3. The molecular weight excluding hydrogens is 337 g/mol. The molecule has 4 atom stereocenters. The van der Waals surface area contributed by atoms with Gasteiger partial charge in [-0.05, 0) is 30.6 Å². The Kier molecular flexibility index (Phi) is 5.97. The van der Waals surface area contributed by atoms with Gasteiger partial charge in [-0.25, -0.2) is 9.00 Å². The van der Waals surface area contributed by atoms with Gasteiger partial charge in [-0.1, -0.05) is 20.8 Å². The maximum absolute atomic E-state index is 13.4. The van der Waals surface area contributed by atoms with Crippen molar-refractivity contribution in [3.8, 4) is 0 Å². The van der Waals surface area contributed by atoms with E-state index in [1.807, 2.05) is 20.8 Å². The molecule has 1 aliphatic carbocycles. The van der Waals surface area contributed by atoms with E-state index in [0.29, 0.717) is 11.3 Å². The first-order valence-electron chi connectivity index (χ1n) is 8.00. The van der Waals surface area contributed by atoms with Crippen LogP contribution in [0.25, 0.3) is 0 Å². The third-order valence-corrected chi connectivity index (χ3v) is 5.72. The molecule has 0 saturated heterocycles. The highest BCUT2D eigenvalue weighted by atomic mass is 32.2. The number of halogens is 1. The Hall–Kier alpha value is -1.48. The van der Waals surface area contributed by atoms with Crippen LogP contribution in [0.3, 0.4) is 0 Å². The molecule has 0 aromatic carbocycles. The Balaban J connectivity index is 2.38. The highest BCUT2D eigenvalue weighted by Gasteiger charge is 2.42. The van der Waals surface area contributed by atoms with Gasteiger partial charge >= 0.3 is 6.03 Å². The second-order valence-corrected chi connectivity index (χ2v) is 8.07. The van der Waals surface area contributed by atoms with E-state index in [0.717, 1.165) is 4.47 Å².